The fourth-order valence-corrected chi connectivity index (χ4v) is 2.95. The van der Waals surface area contributed by atoms with Crippen molar-refractivity contribution in [1.82, 2.24) is 9.97 Å². The molecule has 2 heterocycles. The lowest BCUT2D eigenvalue weighted by Crippen LogP contribution is -2.18. The first-order valence-corrected chi connectivity index (χ1v) is 7.99. The smallest absolute Gasteiger partial charge is 0.144 e. The summed E-state index contributed by atoms with van der Waals surface area (Å²) >= 11 is 3.56. The molecule has 4 nitrogen and oxygen atoms in total. The second-order valence-corrected chi connectivity index (χ2v) is 5.88. The third kappa shape index (κ3) is 2.75. The molecule has 0 spiro atoms. The third-order valence-electron chi connectivity index (χ3n) is 3.65. The Morgan fingerprint density at radius 3 is 2.95 bits per heavy atom. The number of nitrogens with zero attached hydrogens (tertiary/aromatic N) is 2. The Morgan fingerprint density at radius 2 is 2.14 bits per heavy atom. The summed E-state index contributed by atoms with van der Waals surface area (Å²) in [6.07, 6.45) is 0.906. The van der Waals surface area contributed by atoms with Crippen LogP contribution in [0.25, 0.3) is 0 Å². The standard InChI is InChI=1S/C16H18BrN3O/c1-3-18-16-14(17)10(2)19-15(20-16)12-8-9-21-13-7-5-4-6-11(12)13/h4-7,12H,3,8-9H2,1-2H3,(H,18,19,20). The molecule has 1 aromatic heterocycles. The Kier molecular flexibility index (Phi) is 4.10. The molecule has 21 heavy (non-hydrogen) atoms. The molecular formula is C16H18BrN3O. The molecule has 5 heteroatoms. The summed E-state index contributed by atoms with van der Waals surface area (Å²) in [4.78, 5) is 9.41. The zero-order chi connectivity index (χ0) is 14.8. The minimum atomic E-state index is 0.194. The van der Waals surface area contributed by atoms with Crippen molar-refractivity contribution in [3.05, 3.63) is 45.8 Å². The number of halogens is 1. The Hall–Kier alpha value is -1.62. The van der Waals surface area contributed by atoms with Gasteiger partial charge in [0.15, 0.2) is 0 Å². The molecule has 1 aliphatic rings. The minimum Gasteiger partial charge on any atom is -0.493 e. The lowest BCUT2D eigenvalue weighted by Gasteiger charge is -2.25. The second-order valence-electron chi connectivity index (χ2n) is 5.09. The molecule has 0 fully saturated rings. The first kappa shape index (κ1) is 14.3. The van der Waals surface area contributed by atoms with Gasteiger partial charge in [0, 0.05) is 12.1 Å². The van der Waals surface area contributed by atoms with Gasteiger partial charge in [-0.3, -0.25) is 0 Å². The number of aryl methyl sites for hydroxylation is 1. The van der Waals surface area contributed by atoms with Gasteiger partial charge in [0.2, 0.25) is 0 Å². The largest absolute Gasteiger partial charge is 0.493 e. The van der Waals surface area contributed by atoms with Gasteiger partial charge in [0.25, 0.3) is 0 Å². The van der Waals surface area contributed by atoms with Crippen LogP contribution < -0.4 is 10.1 Å². The number of rotatable bonds is 3. The molecule has 1 N–H and O–H groups in total. The van der Waals surface area contributed by atoms with Crippen LogP contribution in [-0.2, 0) is 0 Å². The van der Waals surface area contributed by atoms with Gasteiger partial charge in [-0.05, 0) is 42.3 Å². The Balaban J connectivity index is 2.05. The summed E-state index contributed by atoms with van der Waals surface area (Å²) in [5, 5.41) is 3.29. The van der Waals surface area contributed by atoms with Crippen LogP contribution >= 0.6 is 15.9 Å². The van der Waals surface area contributed by atoms with Gasteiger partial charge < -0.3 is 10.1 Å². The van der Waals surface area contributed by atoms with E-state index in [1.807, 2.05) is 25.1 Å². The van der Waals surface area contributed by atoms with Crippen LogP contribution in [0.5, 0.6) is 5.75 Å². The lowest BCUT2D eigenvalue weighted by atomic mass is 9.92. The maximum Gasteiger partial charge on any atom is 0.144 e. The molecule has 110 valence electrons. The number of benzene rings is 1. The molecule has 1 unspecified atom stereocenters. The van der Waals surface area contributed by atoms with Gasteiger partial charge in [-0.15, -0.1) is 0 Å². The van der Waals surface area contributed by atoms with Gasteiger partial charge in [0.05, 0.1) is 22.7 Å². The zero-order valence-electron chi connectivity index (χ0n) is 12.2. The first-order chi connectivity index (χ1) is 10.2. The highest BCUT2D eigenvalue weighted by Gasteiger charge is 2.26. The van der Waals surface area contributed by atoms with Crippen LogP contribution in [0.1, 0.15) is 36.3 Å². The summed E-state index contributed by atoms with van der Waals surface area (Å²) in [5.41, 5.74) is 2.13. The molecule has 0 amide bonds. The highest BCUT2D eigenvalue weighted by Crippen LogP contribution is 2.37. The van der Waals surface area contributed by atoms with Crippen molar-refractivity contribution >= 4 is 21.7 Å². The average molecular weight is 348 g/mol. The molecule has 1 atom stereocenters. The molecule has 0 bridgehead atoms. The number of para-hydroxylation sites is 1. The van der Waals surface area contributed by atoms with E-state index in [0.717, 1.165) is 40.5 Å². The van der Waals surface area contributed by atoms with Crippen LogP contribution in [0, 0.1) is 6.92 Å². The van der Waals surface area contributed by atoms with Crippen molar-refractivity contribution in [2.75, 3.05) is 18.5 Å². The summed E-state index contributed by atoms with van der Waals surface area (Å²) < 4.78 is 6.66. The normalized spacial score (nSPS) is 17.0. The van der Waals surface area contributed by atoms with E-state index < -0.39 is 0 Å². The van der Waals surface area contributed by atoms with Crippen LogP contribution in [-0.4, -0.2) is 23.1 Å². The molecule has 0 aliphatic carbocycles. The van der Waals surface area contributed by atoms with Crippen LogP contribution in [0.3, 0.4) is 0 Å². The van der Waals surface area contributed by atoms with Crippen molar-refractivity contribution in [2.24, 2.45) is 0 Å². The summed E-state index contributed by atoms with van der Waals surface area (Å²) in [6, 6.07) is 8.15. The number of hydrogen-bond acceptors (Lipinski definition) is 4. The fourth-order valence-electron chi connectivity index (χ4n) is 2.63. The van der Waals surface area contributed by atoms with E-state index in [9.17, 15) is 0 Å². The second kappa shape index (κ2) is 6.02. The van der Waals surface area contributed by atoms with Crippen LogP contribution in [0.4, 0.5) is 5.82 Å². The molecule has 1 aromatic carbocycles. The molecule has 0 radical (unpaired) electrons. The van der Waals surface area contributed by atoms with Crippen LogP contribution in [0.15, 0.2) is 28.7 Å². The Bertz CT molecular complexity index is 660. The highest BCUT2D eigenvalue weighted by atomic mass is 79.9. The monoisotopic (exact) mass is 347 g/mol. The number of aromatic nitrogens is 2. The van der Waals surface area contributed by atoms with Crippen molar-refractivity contribution in [3.8, 4) is 5.75 Å². The molecule has 1 aliphatic heterocycles. The maximum atomic E-state index is 5.73. The molecule has 0 saturated carbocycles. The quantitative estimate of drug-likeness (QED) is 0.914. The zero-order valence-corrected chi connectivity index (χ0v) is 13.8. The summed E-state index contributed by atoms with van der Waals surface area (Å²) in [6.45, 7) is 5.60. The van der Waals surface area contributed by atoms with E-state index in [-0.39, 0.29) is 5.92 Å². The highest BCUT2D eigenvalue weighted by molar-refractivity contribution is 9.10. The first-order valence-electron chi connectivity index (χ1n) is 7.20. The Morgan fingerprint density at radius 1 is 1.33 bits per heavy atom. The third-order valence-corrected chi connectivity index (χ3v) is 4.60. The van der Waals surface area contributed by atoms with E-state index >= 15 is 0 Å². The topological polar surface area (TPSA) is 47.0 Å². The van der Waals surface area contributed by atoms with Crippen molar-refractivity contribution in [2.45, 2.75) is 26.2 Å². The fraction of sp³-hybridized carbons (Fsp3) is 0.375. The number of nitrogens with one attached hydrogen (secondary N) is 1. The lowest BCUT2D eigenvalue weighted by molar-refractivity contribution is 0.274. The van der Waals surface area contributed by atoms with E-state index in [1.54, 1.807) is 0 Å². The maximum absolute atomic E-state index is 5.73. The predicted octanol–water partition coefficient (Wildman–Crippen LogP) is 3.89. The van der Waals surface area contributed by atoms with Gasteiger partial charge in [-0.25, -0.2) is 9.97 Å². The number of ether oxygens (including phenoxy) is 1. The SMILES string of the molecule is CCNc1nc(C2CCOc3ccccc32)nc(C)c1Br. The summed E-state index contributed by atoms with van der Waals surface area (Å²) in [7, 11) is 0. The van der Waals surface area contributed by atoms with E-state index in [2.05, 4.69) is 39.2 Å². The van der Waals surface area contributed by atoms with Gasteiger partial charge in [0.1, 0.15) is 17.4 Å². The molecule has 2 aromatic rings. The molecule has 3 rings (SSSR count). The molecular weight excluding hydrogens is 330 g/mol. The number of anilines is 1. The van der Waals surface area contributed by atoms with Crippen LogP contribution in [0.2, 0.25) is 0 Å². The van der Waals surface area contributed by atoms with Crippen molar-refractivity contribution < 1.29 is 4.74 Å². The van der Waals surface area contributed by atoms with E-state index in [1.165, 1.54) is 5.56 Å². The molecule has 0 saturated heterocycles. The van der Waals surface area contributed by atoms with E-state index in [0.29, 0.717) is 6.61 Å². The van der Waals surface area contributed by atoms with Gasteiger partial charge >= 0.3 is 0 Å². The van der Waals surface area contributed by atoms with E-state index in [4.69, 9.17) is 9.72 Å². The number of hydrogen-bond donors (Lipinski definition) is 1. The Labute approximate surface area is 133 Å². The minimum absolute atomic E-state index is 0.194. The summed E-state index contributed by atoms with van der Waals surface area (Å²) in [5.74, 6) is 2.87. The van der Waals surface area contributed by atoms with Gasteiger partial charge in [-0.2, -0.15) is 0 Å². The number of fused-ring (bicyclic) bond motifs is 1. The van der Waals surface area contributed by atoms with Crippen molar-refractivity contribution in [3.63, 3.8) is 0 Å². The average Bonchev–Trinajstić information content (AvgIpc) is 2.51. The van der Waals surface area contributed by atoms with Gasteiger partial charge in [-0.1, -0.05) is 18.2 Å². The van der Waals surface area contributed by atoms with Crippen molar-refractivity contribution in [1.29, 1.82) is 0 Å². The predicted molar refractivity (Wildman–Crippen MR) is 87.0 cm³/mol.